The van der Waals surface area contributed by atoms with Crippen LogP contribution in [0.1, 0.15) is 12.1 Å². The number of aromatic nitrogens is 1. The van der Waals surface area contributed by atoms with E-state index in [-0.39, 0.29) is 0 Å². The molecule has 4 heterocycles. The number of fused-ring (bicyclic) bond motifs is 1. The van der Waals surface area contributed by atoms with Gasteiger partial charge >= 0.3 is 36.4 Å². The summed E-state index contributed by atoms with van der Waals surface area (Å²) in [6.45, 7) is 9.15. The highest BCUT2D eigenvalue weighted by Crippen LogP contribution is 2.35. The highest BCUT2D eigenvalue weighted by molar-refractivity contribution is 5.73. The van der Waals surface area contributed by atoms with Gasteiger partial charge in [-0.05, 0) is 31.0 Å². The molecule has 3 saturated heterocycles. The molecule has 0 bridgehead atoms. The minimum atomic E-state index is -5.08. The average Bonchev–Trinajstić information content (AvgIpc) is 3.31. The number of nitrogens with zero attached hydrogens (tertiary/aromatic N) is 3. The van der Waals surface area contributed by atoms with Gasteiger partial charge in [0.1, 0.15) is 0 Å². The van der Waals surface area contributed by atoms with Gasteiger partial charge in [-0.1, -0.05) is 6.07 Å². The molecule has 3 aliphatic rings. The maximum atomic E-state index is 10.6. The molecule has 3 fully saturated rings. The van der Waals surface area contributed by atoms with Gasteiger partial charge in [-0.3, -0.25) is 14.8 Å². The number of halogens is 9. The number of rotatable bonds is 4. The number of piperidine rings is 1. The Morgan fingerprint density at radius 2 is 1.32 bits per heavy atom. The van der Waals surface area contributed by atoms with Crippen molar-refractivity contribution in [3.63, 3.8) is 0 Å². The van der Waals surface area contributed by atoms with Gasteiger partial charge in [0.25, 0.3) is 0 Å². The topological polar surface area (TPSA) is 150 Å². The quantitative estimate of drug-likeness (QED) is 0.410. The molecule has 3 N–H and O–H groups in total. The Morgan fingerprint density at radius 1 is 0.818 bits per heavy atom. The molecule has 1 aromatic rings. The SMILES string of the molecule is O=C(O)C(F)(F)F.O=C(O)C(F)(F)F.O=C(O)C(F)(F)F.c1ccc(CN2CC[C@H]3CO[C@H](CN4CCOCC4)[C@H]3C2)nc1. The Labute approximate surface area is 244 Å². The maximum absolute atomic E-state index is 10.6. The van der Waals surface area contributed by atoms with Crippen molar-refractivity contribution in [2.75, 3.05) is 52.5 Å². The minimum Gasteiger partial charge on any atom is -0.475 e. The Morgan fingerprint density at radius 3 is 1.75 bits per heavy atom. The number of hydrogen-bond acceptors (Lipinski definition) is 8. The lowest BCUT2D eigenvalue weighted by molar-refractivity contribution is -0.193. The van der Waals surface area contributed by atoms with Crippen molar-refractivity contribution in [1.82, 2.24) is 14.8 Å². The van der Waals surface area contributed by atoms with Crippen LogP contribution in [-0.2, 0) is 30.4 Å². The van der Waals surface area contributed by atoms with Crippen molar-refractivity contribution in [3.8, 4) is 0 Å². The standard InChI is InChI=1S/C18H27N3O2.3C2HF3O2/c1-2-5-19-16(3-1)11-21-6-4-15-14-23-18(17(15)12-21)13-20-7-9-22-10-8-20;3*3-2(4,5)1(6)7/h1-3,5,15,17-18H,4,6-14H2;3*(H,6,7)/t15-,17-,18+;;;/m0.../s1. The zero-order valence-corrected chi connectivity index (χ0v) is 22.7. The van der Waals surface area contributed by atoms with Crippen LogP contribution in [0.15, 0.2) is 24.4 Å². The van der Waals surface area contributed by atoms with Crippen molar-refractivity contribution >= 4 is 17.9 Å². The molecule has 11 nitrogen and oxygen atoms in total. The first-order chi connectivity index (χ1) is 20.2. The van der Waals surface area contributed by atoms with E-state index in [0.29, 0.717) is 12.0 Å². The molecule has 0 aromatic carbocycles. The molecule has 0 spiro atoms. The molecular formula is C24H30F9N3O8. The van der Waals surface area contributed by atoms with E-state index < -0.39 is 36.4 Å². The van der Waals surface area contributed by atoms with Gasteiger partial charge in [-0.25, -0.2) is 14.4 Å². The molecule has 3 atom stereocenters. The first kappa shape index (κ1) is 38.8. The maximum Gasteiger partial charge on any atom is 0.490 e. The van der Waals surface area contributed by atoms with Crippen molar-refractivity contribution in [2.24, 2.45) is 11.8 Å². The first-order valence-corrected chi connectivity index (χ1v) is 12.7. The average molecular weight is 659 g/mol. The van der Waals surface area contributed by atoms with Crippen molar-refractivity contribution in [2.45, 2.75) is 37.6 Å². The van der Waals surface area contributed by atoms with Crippen LogP contribution < -0.4 is 0 Å². The van der Waals surface area contributed by atoms with E-state index in [9.17, 15) is 39.5 Å². The lowest BCUT2D eigenvalue weighted by atomic mass is 9.84. The second-order valence-corrected chi connectivity index (χ2v) is 9.46. The van der Waals surface area contributed by atoms with Gasteiger partial charge < -0.3 is 24.8 Å². The number of hydrogen-bond donors (Lipinski definition) is 3. The van der Waals surface area contributed by atoms with E-state index in [1.54, 1.807) is 0 Å². The van der Waals surface area contributed by atoms with E-state index >= 15 is 0 Å². The third-order valence-corrected chi connectivity index (χ3v) is 6.27. The van der Waals surface area contributed by atoms with Gasteiger partial charge in [0.2, 0.25) is 0 Å². The molecule has 0 saturated carbocycles. The molecule has 44 heavy (non-hydrogen) atoms. The normalized spacial score (nSPS) is 22.5. The van der Waals surface area contributed by atoms with E-state index in [1.165, 1.54) is 18.7 Å². The number of alkyl halides is 9. The third kappa shape index (κ3) is 15.0. The summed E-state index contributed by atoms with van der Waals surface area (Å²) < 4.78 is 107. The molecule has 0 unspecified atom stereocenters. The minimum absolute atomic E-state index is 0.393. The largest absolute Gasteiger partial charge is 0.490 e. The Bertz CT molecular complexity index is 979. The number of ether oxygens (including phenoxy) is 2. The van der Waals surface area contributed by atoms with E-state index in [4.69, 9.17) is 39.2 Å². The summed E-state index contributed by atoms with van der Waals surface area (Å²) in [5.41, 5.74) is 1.18. The summed E-state index contributed by atoms with van der Waals surface area (Å²) in [4.78, 5) is 36.2. The zero-order valence-electron chi connectivity index (χ0n) is 22.7. The van der Waals surface area contributed by atoms with Crippen molar-refractivity contribution in [1.29, 1.82) is 0 Å². The van der Waals surface area contributed by atoms with Gasteiger partial charge in [-0.2, -0.15) is 39.5 Å². The summed E-state index contributed by atoms with van der Waals surface area (Å²) in [7, 11) is 0. The van der Waals surface area contributed by atoms with E-state index in [1.807, 2.05) is 12.3 Å². The van der Waals surface area contributed by atoms with Crippen LogP contribution >= 0.6 is 0 Å². The van der Waals surface area contributed by atoms with Crippen molar-refractivity contribution in [3.05, 3.63) is 30.1 Å². The number of carboxylic acid groups (broad SMARTS) is 3. The second kappa shape index (κ2) is 17.3. The predicted molar refractivity (Wildman–Crippen MR) is 129 cm³/mol. The van der Waals surface area contributed by atoms with Crippen LogP contribution in [0.2, 0.25) is 0 Å². The Balaban J connectivity index is 0.000000379. The predicted octanol–water partition coefficient (Wildman–Crippen LogP) is 3.15. The van der Waals surface area contributed by atoms with Crippen LogP contribution in [0.3, 0.4) is 0 Å². The molecule has 3 aliphatic heterocycles. The number of pyridine rings is 1. The fourth-order valence-corrected chi connectivity index (χ4v) is 4.19. The van der Waals surface area contributed by atoms with Crippen LogP contribution in [0, 0.1) is 11.8 Å². The number of carboxylic acids is 3. The first-order valence-electron chi connectivity index (χ1n) is 12.7. The fraction of sp³-hybridized carbons (Fsp3) is 0.667. The monoisotopic (exact) mass is 659 g/mol. The van der Waals surface area contributed by atoms with E-state index in [0.717, 1.165) is 58.5 Å². The smallest absolute Gasteiger partial charge is 0.475 e. The lowest BCUT2D eigenvalue weighted by Gasteiger charge is -2.37. The molecule has 20 heteroatoms. The Hall–Kier alpha value is -3.23. The molecule has 252 valence electrons. The number of carbonyl (C=O) groups is 3. The number of likely N-dealkylation sites (tertiary alicyclic amines) is 1. The van der Waals surface area contributed by atoms with Gasteiger partial charge in [0, 0.05) is 44.8 Å². The van der Waals surface area contributed by atoms with Crippen LogP contribution in [0.25, 0.3) is 0 Å². The molecule has 4 rings (SSSR count). The summed E-state index contributed by atoms with van der Waals surface area (Å²) in [5.74, 6) is -6.84. The molecule has 0 aliphatic carbocycles. The van der Waals surface area contributed by atoms with Crippen LogP contribution in [-0.4, -0.2) is 125 Å². The van der Waals surface area contributed by atoms with Crippen LogP contribution in [0.4, 0.5) is 39.5 Å². The third-order valence-electron chi connectivity index (χ3n) is 6.27. The highest BCUT2D eigenvalue weighted by atomic mass is 19.4. The molecular weight excluding hydrogens is 629 g/mol. The van der Waals surface area contributed by atoms with Gasteiger partial charge in [-0.15, -0.1) is 0 Å². The van der Waals surface area contributed by atoms with Gasteiger partial charge in [0.15, 0.2) is 0 Å². The summed E-state index contributed by atoms with van der Waals surface area (Å²) in [6.07, 6.45) is -11.7. The molecule has 1 aromatic heterocycles. The summed E-state index contributed by atoms with van der Waals surface area (Å²) >= 11 is 0. The zero-order chi connectivity index (χ0) is 33.7. The van der Waals surface area contributed by atoms with Gasteiger partial charge in [0.05, 0.1) is 31.6 Å². The Kier molecular flexibility index (Phi) is 15.3. The molecule has 0 radical (unpaired) electrons. The lowest BCUT2D eigenvalue weighted by Crippen LogP contribution is -2.47. The van der Waals surface area contributed by atoms with Crippen LogP contribution in [0.5, 0.6) is 0 Å². The highest BCUT2D eigenvalue weighted by Gasteiger charge is 2.42. The summed E-state index contributed by atoms with van der Waals surface area (Å²) in [5, 5.41) is 21.4. The second-order valence-electron chi connectivity index (χ2n) is 9.46. The fourth-order valence-electron chi connectivity index (χ4n) is 4.19. The summed E-state index contributed by atoms with van der Waals surface area (Å²) in [6, 6.07) is 6.19. The van der Waals surface area contributed by atoms with E-state index in [2.05, 4.69) is 26.9 Å². The number of morpholine rings is 1. The molecule has 0 amide bonds. The van der Waals surface area contributed by atoms with Crippen molar-refractivity contribution < 1.29 is 78.7 Å². The number of aliphatic carboxylic acids is 3.